The molecule has 0 bridgehead atoms. The molecule has 0 unspecified atom stereocenters. The van der Waals surface area contributed by atoms with Crippen LogP contribution in [0.2, 0.25) is 5.02 Å². The highest BCUT2D eigenvalue weighted by Gasteiger charge is 2.24. The minimum absolute atomic E-state index is 0.332. The van der Waals surface area contributed by atoms with Crippen LogP contribution in [0.1, 0.15) is 50.6 Å². The van der Waals surface area contributed by atoms with Gasteiger partial charge in [0.05, 0.1) is 10.7 Å². The van der Waals surface area contributed by atoms with Crippen LogP contribution in [0.25, 0.3) is 21.8 Å². The number of rotatable bonds is 4. The summed E-state index contributed by atoms with van der Waals surface area (Å²) in [7, 11) is 0. The molecular formula is C23H23ClFN3S. The van der Waals surface area contributed by atoms with E-state index in [0.29, 0.717) is 11.1 Å². The third-order valence-electron chi connectivity index (χ3n) is 5.84. The monoisotopic (exact) mass is 427 g/mol. The molecule has 5 rings (SSSR count). The normalized spacial score (nSPS) is 17.7. The number of thiazole rings is 1. The van der Waals surface area contributed by atoms with Gasteiger partial charge >= 0.3 is 0 Å². The van der Waals surface area contributed by atoms with Crippen molar-refractivity contribution in [1.82, 2.24) is 9.38 Å². The Hall–Kier alpha value is -2.11. The molecule has 150 valence electrons. The maximum Gasteiger partial charge on any atom is 0.196 e. The molecule has 1 saturated carbocycles. The van der Waals surface area contributed by atoms with Crippen molar-refractivity contribution in [1.29, 1.82) is 0 Å². The van der Waals surface area contributed by atoms with E-state index < -0.39 is 0 Å². The van der Waals surface area contributed by atoms with Crippen molar-refractivity contribution in [2.24, 2.45) is 0 Å². The molecule has 1 fully saturated rings. The first-order chi connectivity index (χ1) is 14.2. The van der Waals surface area contributed by atoms with Crippen molar-refractivity contribution in [3.05, 3.63) is 58.3 Å². The van der Waals surface area contributed by atoms with Gasteiger partial charge in [-0.25, -0.2) is 9.37 Å². The van der Waals surface area contributed by atoms with Gasteiger partial charge in [-0.15, -0.1) is 11.3 Å². The number of nitrogens with one attached hydrogen (secondary N) is 1. The number of hydrogen-bond acceptors (Lipinski definition) is 3. The number of imidazole rings is 1. The molecule has 0 amide bonds. The van der Waals surface area contributed by atoms with Crippen LogP contribution in [0.3, 0.4) is 0 Å². The van der Waals surface area contributed by atoms with E-state index in [9.17, 15) is 4.39 Å². The first-order valence-corrected chi connectivity index (χ1v) is 11.5. The molecule has 0 spiro atoms. The number of hydrogen-bond donors (Lipinski definition) is 1. The third kappa shape index (κ3) is 3.62. The van der Waals surface area contributed by atoms with Crippen molar-refractivity contribution in [2.75, 3.05) is 5.32 Å². The summed E-state index contributed by atoms with van der Waals surface area (Å²) in [6, 6.07) is 4.98. The van der Waals surface area contributed by atoms with Crippen molar-refractivity contribution < 1.29 is 4.39 Å². The van der Waals surface area contributed by atoms with E-state index in [4.69, 9.17) is 16.6 Å². The molecule has 3 aromatic rings. The molecule has 2 aliphatic carbocycles. The van der Waals surface area contributed by atoms with Crippen LogP contribution in [0.5, 0.6) is 0 Å². The SMILES string of the molecule is Fc1ccc(-c2nc3scc(C4=CC=CCC4)n3c2NC2CCCCC2)c(Cl)c1. The van der Waals surface area contributed by atoms with Gasteiger partial charge in [-0.1, -0.05) is 49.1 Å². The zero-order valence-electron chi connectivity index (χ0n) is 16.1. The molecule has 0 aliphatic heterocycles. The van der Waals surface area contributed by atoms with Crippen molar-refractivity contribution in [2.45, 2.75) is 51.0 Å². The van der Waals surface area contributed by atoms with Crippen molar-refractivity contribution in [3.63, 3.8) is 0 Å². The maximum atomic E-state index is 13.7. The molecule has 29 heavy (non-hydrogen) atoms. The molecule has 2 aromatic heterocycles. The Morgan fingerprint density at radius 2 is 2.07 bits per heavy atom. The summed E-state index contributed by atoms with van der Waals surface area (Å²) in [5.41, 5.74) is 4.08. The van der Waals surface area contributed by atoms with Gasteiger partial charge in [0.2, 0.25) is 0 Å². The summed E-state index contributed by atoms with van der Waals surface area (Å²) in [5.74, 6) is 0.647. The van der Waals surface area contributed by atoms with Crippen LogP contribution in [-0.4, -0.2) is 15.4 Å². The van der Waals surface area contributed by atoms with Gasteiger partial charge in [-0.05, 0) is 49.5 Å². The number of fused-ring (bicyclic) bond motifs is 1. The van der Waals surface area contributed by atoms with Crippen LogP contribution >= 0.6 is 22.9 Å². The average molecular weight is 428 g/mol. The number of benzene rings is 1. The number of halogens is 2. The number of anilines is 1. The first kappa shape index (κ1) is 18.9. The minimum atomic E-state index is -0.332. The lowest BCUT2D eigenvalue weighted by Crippen LogP contribution is -2.23. The highest BCUT2D eigenvalue weighted by atomic mass is 35.5. The van der Waals surface area contributed by atoms with Gasteiger partial charge < -0.3 is 5.32 Å². The fourth-order valence-corrected chi connectivity index (χ4v) is 5.51. The largest absolute Gasteiger partial charge is 0.367 e. The average Bonchev–Trinajstić information content (AvgIpc) is 3.30. The summed E-state index contributed by atoms with van der Waals surface area (Å²) in [4.78, 5) is 5.86. The zero-order chi connectivity index (χ0) is 19.8. The van der Waals surface area contributed by atoms with Crippen LogP contribution in [0.4, 0.5) is 10.2 Å². The van der Waals surface area contributed by atoms with Crippen LogP contribution in [0.15, 0.2) is 41.8 Å². The second kappa shape index (κ2) is 7.96. The number of nitrogens with zero attached hydrogens (tertiary/aromatic N) is 2. The van der Waals surface area contributed by atoms with Crippen molar-refractivity contribution in [3.8, 4) is 11.3 Å². The van der Waals surface area contributed by atoms with Crippen LogP contribution in [0, 0.1) is 5.82 Å². The first-order valence-electron chi connectivity index (χ1n) is 10.3. The summed E-state index contributed by atoms with van der Waals surface area (Å²) in [6.45, 7) is 0. The highest BCUT2D eigenvalue weighted by molar-refractivity contribution is 7.15. The minimum Gasteiger partial charge on any atom is -0.367 e. The van der Waals surface area contributed by atoms with Crippen LogP contribution in [-0.2, 0) is 0 Å². The predicted molar refractivity (Wildman–Crippen MR) is 120 cm³/mol. The lowest BCUT2D eigenvalue weighted by Gasteiger charge is -2.24. The second-order valence-electron chi connectivity index (χ2n) is 7.81. The second-order valence-corrected chi connectivity index (χ2v) is 9.05. The molecule has 2 aliphatic rings. The maximum absolute atomic E-state index is 13.7. The molecule has 0 saturated heterocycles. The Bertz CT molecular complexity index is 1100. The lowest BCUT2D eigenvalue weighted by atomic mass is 9.95. The van der Waals surface area contributed by atoms with Gasteiger partial charge in [0.25, 0.3) is 0 Å². The Morgan fingerprint density at radius 1 is 1.21 bits per heavy atom. The van der Waals surface area contributed by atoms with E-state index in [2.05, 4.69) is 33.3 Å². The molecule has 2 heterocycles. The predicted octanol–water partition coefficient (Wildman–Crippen LogP) is 7.33. The van der Waals surface area contributed by atoms with E-state index in [-0.39, 0.29) is 5.82 Å². The summed E-state index contributed by atoms with van der Waals surface area (Å²) >= 11 is 8.07. The highest BCUT2D eigenvalue weighted by Crippen LogP contribution is 2.39. The quantitative estimate of drug-likeness (QED) is 0.472. The Labute approximate surface area is 178 Å². The van der Waals surface area contributed by atoms with E-state index in [1.165, 1.54) is 42.7 Å². The molecule has 6 heteroatoms. The molecule has 0 radical (unpaired) electrons. The molecule has 1 aromatic carbocycles. The molecule has 0 atom stereocenters. The standard InChI is InChI=1S/C23H23ClFN3S/c24-19-13-16(25)11-12-18(19)21-22(26-17-9-5-2-6-10-17)28-20(14-29-23(28)27-21)15-7-3-1-4-8-15/h1,3,7,11-14,17,26H,2,4-6,8-10H2. The zero-order valence-corrected chi connectivity index (χ0v) is 17.7. The van der Waals surface area contributed by atoms with E-state index >= 15 is 0 Å². The summed E-state index contributed by atoms with van der Waals surface area (Å²) < 4.78 is 15.9. The molecule has 3 nitrogen and oxygen atoms in total. The fraction of sp³-hybridized carbons (Fsp3) is 0.348. The molecule has 1 N–H and O–H groups in total. The smallest absolute Gasteiger partial charge is 0.196 e. The Morgan fingerprint density at radius 3 is 2.83 bits per heavy atom. The van der Waals surface area contributed by atoms with Gasteiger partial charge in [-0.2, -0.15) is 0 Å². The number of allylic oxidation sites excluding steroid dienone is 4. The van der Waals surface area contributed by atoms with E-state index in [1.807, 2.05) is 0 Å². The third-order valence-corrected chi connectivity index (χ3v) is 6.98. The van der Waals surface area contributed by atoms with Gasteiger partial charge in [0.1, 0.15) is 17.3 Å². The van der Waals surface area contributed by atoms with Gasteiger partial charge in [0.15, 0.2) is 4.96 Å². The molecular weight excluding hydrogens is 405 g/mol. The van der Waals surface area contributed by atoms with Crippen molar-refractivity contribution >= 4 is 39.3 Å². The topological polar surface area (TPSA) is 29.3 Å². The summed E-state index contributed by atoms with van der Waals surface area (Å²) in [5, 5.41) is 6.37. The summed E-state index contributed by atoms with van der Waals surface area (Å²) in [6.07, 6.45) is 14.7. The Kier molecular flexibility index (Phi) is 5.18. The lowest BCUT2D eigenvalue weighted by molar-refractivity contribution is 0.461. The number of aromatic nitrogens is 2. The van der Waals surface area contributed by atoms with Gasteiger partial charge in [0, 0.05) is 17.0 Å². The fourth-order valence-electron chi connectivity index (χ4n) is 4.34. The van der Waals surface area contributed by atoms with Gasteiger partial charge in [-0.3, -0.25) is 4.40 Å². The van der Waals surface area contributed by atoms with Crippen LogP contribution < -0.4 is 5.32 Å². The Balaban J connectivity index is 1.67. The van der Waals surface area contributed by atoms with E-state index in [0.717, 1.165) is 47.7 Å². The van der Waals surface area contributed by atoms with E-state index in [1.54, 1.807) is 17.4 Å².